The predicted molar refractivity (Wildman–Crippen MR) is 123 cm³/mol. The molecule has 33 heavy (non-hydrogen) atoms. The molecule has 3 atom stereocenters. The van der Waals surface area contributed by atoms with E-state index < -0.39 is 17.8 Å². The summed E-state index contributed by atoms with van der Waals surface area (Å²) in [7, 11) is 0. The van der Waals surface area contributed by atoms with Crippen LogP contribution in [0.1, 0.15) is 49.2 Å². The summed E-state index contributed by atoms with van der Waals surface area (Å²) in [5, 5.41) is 12.6. The van der Waals surface area contributed by atoms with Gasteiger partial charge in [-0.15, -0.1) is 5.10 Å². The van der Waals surface area contributed by atoms with Gasteiger partial charge in [-0.05, 0) is 57.9 Å². The van der Waals surface area contributed by atoms with E-state index in [9.17, 15) is 13.2 Å². The van der Waals surface area contributed by atoms with E-state index in [2.05, 4.69) is 25.4 Å². The van der Waals surface area contributed by atoms with Gasteiger partial charge in [0.15, 0.2) is 5.82 Å². The summed E-state index contributed by atoms with van der Waals surface area (Å²) in [6.07, 6.45) is -2.38. The highest BCUT2D eigenvalue weighted by Gasteiger charge is 2.33. The second-order valence-electron chi connectivity index (χ2n) is 8.77. The lowest BCUT2D eigenvalue weighted by molar-refractivity contribution is -0.138. The zero-order valence-electron chi connectivity index (χ0n) is 19.4. The number of halogens is 3. The fourth-order valence-corrected chi connectivity index (χ4v) is 4.53. The molecule has 0 aliphatic carbocycles. The van der Waals surface area contributed by atoms with Crippen LogP contribution in [0.5, 0.6) is 0 Å². The van der Waals surface area contributed by atoms with E-state index in [0.29, 0.717) is 22.6 Å². The molecule has 1 N–H and O–H groups in total. The third kappa shape index (κ3) is 4.73. The Morgan fingerprint density at radius 2 is 1.82 bits per heavy atom. The van der Waals surface area contributed by atoms with E-state index >= 15 is 0 Å². The topological polar surface area (TPSA) is 63.2 Å². The number of nitrogens with zero attached hydrogens (tertiary/aromatic N) is 4. The fourth-order valence-electron chi connectivity index (χ4n) is 4.53. The number of rotatable bonds is 4. The van der Waals surface area contributed by atoms with Crippen LogP contribution in [0.25, 0.3) is 10.9 Å². The highest BCUT2D eigenvalue weighted by molar-refractivity contribution is 5.92. The predicted octanol–water partition coefficient (Wildman–Crippen LogP) is 5.45. The number of nitrogens with one attached hydrogen (secondary N) is 1. The quantitative estimate of drug-likeness (QED) is 0.560. The Kier molecular flexibility index (Phi) is 6.18. The summed E-state index contributed by atoms with van der Waals surface area (Å²) < 4.78 is 46.0. The molecule has 9 heteroatoms. The van der Waals surface area contributed by atoms with Crippen molar-refractivity contribution in [2.45, 2.75) is 59.0 Å². The number of hydrogen-bond donors (Lipinski definition) is 1. The molecule has 0 spiro atoms. The monoisotopic (exact) mass is 459 g/mol. The number of anilines is 2. The van der Waals surface area contributed by atoms with Crippen molar-refractivity contribution in [3.05, 3.63) is 52.8 Å². The summed E-state index contributed by atoms with van der Waals surface area (Å²) in [6.45, 7) is 10.7. The Bertz CT molecular complexity index is 1160. The summed E-state index contributed by atoms with van der Waals surface area (Å²) in [5.41, 5.74) is 2.47. The van der Waals surface area contributed by atoms with Crippen molar-refractivity contribution in [2.75, 3.05) is 23.3 Å². The zero-order valence-corrected chi connectivity index (χ0v) is 19.4. The molecular formula is C24H28F3N5O. The average Bonchev–Trinajstić information content (AvgIpc) is 2.74. The second-order valence-corrected chi connectivity index (χ2v) is 8.77. The normalized spacial score (nSPS) is 20.2. The van der Waals surface area contributed by atoms with Crippen molar-refractivity contribution in [1.82, 2.24) is 15.2 Å². The molecule has 0 radical (unpaired) electrons. The number of benzene rings is 1. The third-order valence-corrected chi connectivity index (χ3v) is 6.06. The fraction of sp³-hybridized carbons (Fsp3) is 0.458. The Labute approximate surface area is 191 Å². The number of alkyl halides is 3. The maximum Gasteiger partial charge on any atom is 0.416 e. The first-order valence-corrected chi connectivity index (χ1v) is 11.0. The Balaban J connectivity index is 1.70. The highest BCUT2D eigenvalue weighted by Crippen LogP contribution is 2.36. The summed E-state index contributed by atoms with van der Waals surface area (Å²) in [4.78, 5) is 6.86. The van der Waals surface area contributed by atoms with Crippen LogP contribution in [0.3, 0.4) is 0 Å². The van der Waals surface area contributed by atoms with Gasteiger partial charge in [0.05, 0.1) is 46.9 Å². The molecule has 176 valence electrons. The molecule has 3 aromatic rings. The number of ether oxygens (including phenoxy) is 1. The van der Waals surface area contributed by atoms with Gasteiger partial charge in [-0.3, -0.25) is 4.98 Å². The maximum atomic E-state index is 13.4. The molecule has 4 rings (SSSR count). The molecule has 1 saturated heterocycles. The minimum atomic E-state index is -4.40. The Hall–Kier alpha value is -2.94. The first-order valence-electron chi connectivity index (χ1n) is 11.0. The van der Waals surface area contributed by atoms with Gasteiger partial charge in [-0.1, -0.05) is 12.1 Å². The Morgan fingerprint density at radius 3 is 2.48 bits per heavy atom. The molecule has 2 aromatic heterocycles. The number of morpholine rings is 1. The van der Waals surface area contributed by atoms with E-state index in [1.54, 1.807) is 6.07 Å². The molecule has 1 aliphatic heterocycles. The van der Waals surface area contributed by atoms with Crippen molar-refractivity contribution < 1.29 is 17.9 Å². The summed E-state index contributed by atoms with van der Waals surface area (Å²) in [5.74, 6) is 0.489. The maximum absolute atomic E-state index is 13.4. The molecule has 1 fully saturated rings. The van der Waals surface area contributed by atoms with Crippen LogP contribution in [-0.4, -0.2) is 40.5 Å². The highest BCUT2D eigenvalue weighted by atomic mass is 19.4. The van der Waals surface area contributed by atoms with Crippen LogP contribution in [0.2, 0.25) is 0 Å². The van der Waals surface area contributed by atoms with E-state index in [0.717, 1.165) is 30.2 Å². The lowest BCUT2D eigenvalue weighted by atomic mass is 9.97. The third-order valence-electron chi connectivity index (χ3n) is 6.06. The van der Waals surface area contributed by atoms with Gasteiger partial charge >= 0.3 is 6.18 Å². The standard InChI is InChI=1S/C24H28F3N5O/c1-13-11-32(12-14(2)33-13)18-9-20-22(28-10-18)17(5)30-31-23(20)29-16(4)19-7-6-8-21(15(19)3)24(25,26)27/h6-10,13-14,16H,11-12H2,1-5H3,(H,29,31)/t13-,14+,16-/m1/s1. The van der Waals surface area contributed by atoms with Crippen LogP contribution in [0.15, 0.2) is 30.5 Å². The largest absolute Gasteiger partial charge is 0.416 e. The molecule has 0 unspecified atom stereocenters. The Morgan fingerprint density at radius 1 is 1.12 bits per heavy atom. The van der Waals surface area contributed by atoms with Gasteiger partial charge in [-0.2, -0.15) is 18.3 Å². The molecule has 3 heterocycles. The second kappa shape index (κ2) is 8.78. The van der Waals surface area contributed by atoms with Crippen LogP contribution in [0, 0.1) is 13.8 Å². The first-order chi connectivity index (χ1) is 15.5. The van der Waals surface area contributed by atoms with Gasteiger partial charge in [-0.25, -0.2) is 0 Å². The summed E-state index contributed by atoms with van der Waals surface area (Å²) in [6, 6.07) is 5.84. The molecule has 1 aromatic carbocycles. The van der Waals surface area contributed by atoms with Gasteiger partial charge in [0.25, 0.3) is 0 Å². The minimum absolute atomic E-state index is 0.100. The van der Waals surface area contributed by atoms with Crippen molar-refractivity contribution in [3.8, 4) is 0 Å². The number of aryl methyl sites for hydroxylation is 1. The van der Waals surface area contributed by atoms with Gasteiger partial charge in [0, 0.05) is 18.5 Å². The number of aromatic nitrogens is 3. The zero-order chi connectivity index (χ0) is 23.9. The molecule has 0 bridgehead atoms. The van der Waals surface area contributed by atoms with E-state index in [-0.39, 0.29) is 17.8 Å². The van der Waals surface area contributed by atoms with E-state index in [4.69, 9.17) is 4.74 Å². The van der Waals surface area contributed by atoms with Gasteiger partial charge in [0.2, 0.25) is 0 Å². The molecule has 6 nitrogen and oxygen atoms in total. The molecule has 0 saturated carbocycles. The smallest absolute Gasteiger partial charge is 0.372 e. The number of pyridine rings is 1. The van der Waals surface area contributed by atoms with Crippen LogP contribution < -0.4 is 10.2 Å². The van der Waals surface area contributed by atoms with Crippen molar-refractivity contribution in [2.24, 2.45) is 0 Å². The SMILES string of the molecule is Cc1c([C@@H](C)Nc2nnc(C)c3ncc(N4C[C@@H](C)O[C@@H](C)C4)cc23)cccc1C(F)(F)F. The van der Waals surface area contributed by atoms with Gasteiger partial charge < -0.3 is 15.0 Å². The van der Waals surface area contributed by atoms with Crippen molar-refractivity contribution in [1.29, 1.82) is 0 Å². The number of fused-ring (bicyclic) bond motifs is 1. The molecular weight excluding hydrogens is 431 g/mol. The van der Waals surface area contributed by atoms with Crippen LogP contribution in [0.4, 0.5) is 24.7 Å². The average molecular weight is 460 g/mol. The number of hydrogen-bond acceptors (Lipinski definition) is 6. The van der Waals surface area contributed by atoms with Crippen molar-refractivity contribution in [3.63, 3.8) is 0 Å². The minimum Gasteiger partial charge on any atom is -0.372 e. The van der Waals surface area contributed by atoms with Crippen LogP contribution >= 0.6 is 0 Å². The summed E-state index contributed by atoms with van der Waals surface area (Å²) >= 11 is 0. The van der Waals surface area contributed by atoms with E-state index in [1.165, 1.54) is 13.0 Å². The lowest BCUT2D eigenvalue weighted by Crippen LogP contribution is -2.45. The van der Waals surface area contributed by atoms with E-state index in [1.807, 2.05) is 40.0 Å². The molecule has 1 aliphatic rings. The lowest BCUT2D eigenvalue weighted by Gasteiger charge is -2.36. The van der Waals surface area contributed by atoms with Crippen LogP contribution in [-0.2, 0) is 10.9 Å². The molecule has 0 amide bonds. The van der Waals surface area contributed by atoms with Gasteiger partial charge in [0.1, 0.15) is 0 Å². The van der Waals surface area contributed by atoms with Crippen molar-refractivity contribution >= 4 is 22.4 Å². The first kappa shape index (κ1) is 23.2.